The zero-order valence-corrected chi connectivity index (χ0v) is 8.62. The van der Waals surface area contributed by atoms with Crippen LogP contribution in [-0.2, 0) is 0 Å². The molecular formula is C10H16N4O. The van der Waals surface area contributed by atoms with Gasteiger partial charge in [0.2, 0.25) is 0 Å². The molecule has 5 heteroatoms. The highest BCUT2D eigenvalue weighted by Crippen LogP contribution is 2.29. The van der Waals surface area contributed by atoms with Crippen molar-refractivity contribution in [3.05, 3.63) is 16.7 Å². The van der Waals surface area contributed by atoms with Gasteiger partial charge in [0, 0.05) is 6.54 Å². The van der Waals surface area contributed by atoms with Crippen molar-refractivity contribution in [3.63, 3.8) is 0 Å². The number of aromatic nitrogens is 2. The first-order valence-corrected chi connectivity index (χ1v) is 5.34. The molecule has 1 aliphatic rings. The SMILES string of the molecule is Nc1c(NCCC2CCC2)nc[nH]c1=O. The van der Waals surface area contributed by atoms with Crippen molar-refractivity contribution < 1.29 is 0 Å². The number of rotatable bonds is 4. The summed E-state index contributed by atoms with van der Waals surface area (Å²) in [4.78, 5) is 17.6. The Hall–Kier alpha value is -1.52. The maximum Gasteiger partial charge on any atom is 0.276 e. The quantitative estimate of drug-likeness (QED) is 0.688. The number of H-pyrrole nitrogens is 1. The van der Waals surface area contributed by atoms with E-state index in [1.165, 1.54) is 25.6 Å². The summed E-state index contributed by atoms with van der Waals surface area (Å²) in [6.45, 7) is 0.839. The Morgan fingerprint density at radius 3 is 3.07 bits per heavy atom. The van der Waals surface area contributed by atoms with Crippen LogP contribution >= 0.6 is 0 Å². The molecule has 0 bridgehead atoms. The van der Waals surface area contributed by atoms with Crippen LogP contribution in [0.5, 0.6) is 0 Å². The van der Waals surface area contributed by atoms with Gasteiger partial charge in [-0.25, -0.2) is 4.98 Å². The van der Waals surface area contributed by atoms with Crippen molar-refractivity contribution >= 4 is 11.5 Å². The third kappa shape index (κ3) is 2.29. The fourth-order valence-corrected chi connectivity index (χ4v) is 1.73. The first kappa shape index (κ1) is 10.0. The van der Waals surface area contributed by atoms with Crippen molar-refractivity contribution in [3.8, 4) is 0 Å². The molecule has 1 fully saturated rings. The van der Waals surface area contributed by atoms with E-state index >= 15 is 0 Å². The number of hydrogen-bond donors (Lipinski definition) is 3. The Bertz CT molecular complexity index is 383. The van der Waals surface area contributed by atoms with Gasteiger partial charge in [0.1, 0.15) is 5.69 Å². The molecular weight excluding hydrogens is 192 g/mol. The fraction of sp³-hybridized carbons (Fsp3) is 0.600. The number of nitrogens with two attached hydrogens (primary N) is 1. The van der Waals surface area contributed by atoms with E-state index in [4.69, 9.17) is 5.73 Å². The number of hydrogen-bond acceptors (Lipinski definition) is 4. The summed E-state index contributed by atoms with van der Waals surface area (Å²) in [6, 6.07) is 0. The minimum atomic E-state index is -0.281. The van der Waals surface area contributed by atoms with E-state index in [1.807, 2.05) is 0 Å². The van der Waals surface area contributed by atoms with Crippen LogP contribution in [-0.4, -0.2) is 16.5 Å². The van der Waals surface area contributed by atoms with E-state index in [-0.39, 0.29) is 11.2 Å². The second-order valence-corrected chi connectivity index (χ2v) is 4.01. The number of nitrogens with zero attached hydrogens (tertiary/aromatic N) is 1. The lowest BCUT2D eigenvalue weighted by molar-refractivity contribution is 0.303. The maximum atomic E-state index is 11.1. The molecule has 1 aromatic rings. The van der Waals surface area contributed by atoms with Crippen LogP contribution in [0.15, 0.2) is 11.1 Å². The van der Waals surface area contributed by atoms with E-state index in [0.29, 0.717) is 5.82 Å². The van der Waals surface area contributed by atoms with Gasteiger partial charge in [-0.2, -0.15) is 0 Å². The highest BCUT2D eigenvalue weighted by molar-refractivity contribution is 5.58. The van der Waals surface area contributed by atoms with E-state index in [1.54, 1.807) is 0 Å². The van der Waals surface area contributed by atoms with Gasteiger partial charge in [-0.05, 0) is 12.3 Å². The Morgan fingerprint density at radius 2 is 2.40 bits per heavy atom. The molecule has 4 N–H and O–H groups in total. The summed E-state index contributed by atoms with van der Waals surface area (Å²) in [6.07, 6.45) is 6.52. The summed E-state index contributed by atoms with van der Waals surface area (Å²) >= 11 is 0. The molecule has 1 saturated carbocycles. The Balaban J connectivity index is 1.87. The molecule has 1 aliphatic carbocycles. The molecule has 0 atom stereocenters. The number of aromatic amines is 1. The summed E-state index contributed by atoms with van der Waals surface area (Å²) in [7, 11) is 0. The normalized spacial score (nSPS) is 16.0. The van der Waals surface area contributed by atoms with Crippen LogP contribution in [0.3, 0.4) is 0 Å². The number of nitrogens with one attached hydrogen (secondary N) is 2. The zero-order valence-electron chi connectivity index (χ0n) is 8.62. The summed E-state index contributed by atoms with van der Waals surface area (Å²) in [5.41, 5.74) is 5.47. The predicted molar refractivity (Wildman–Crippen MR) is 59.7 cm³/mol. The summed E-state index contributed by atoms with van der Waals surface area (Å²) in [5, 5.41) is 3.10. The molecule has 82 valence electrons. The molecule has 0 aliphatic heterocycles. The Kier molecular flexibility index (Phi) is 2.89. The van der Waals surface area contributed by atoms with Crippen LogP contribution in [0.2, 0.25) is 0 Å². The molecule has 0 amide bonds. The van der Waals surface area contributed by atoms with Gasteiger partial charge in [-0.1, -0.05) is 19.3 Å². The third-order valence-electron chi connectivity index (χ3n) is 2.96. The van der Waals surface area contributed by atoms with Gasteiger partial charge in [0.05, 0.1) is 6.33 Å². The molecule has 15 heavy (non-hydrogen) atoms. The lowest BCUT2D eigenvalue weighted by Gasteiger charge is -2.25. The van der Waals surface area contributed by atoms with Gasteiger partial charge in [-0.15, -0.1) is 0 Å². The molecule has 0 aromatic carbocycles. The first-order chi connectivity index (χ1) is 7.27. The van der Waals surface area contributed by atoms with Crippen LogP contribution < -0.4 is 16.6 Å². The van der Waals surface area contributed by atoms with E-state index in [2.05, 4.69) is 15.3 Å². The number of nitrogen functional groups attached to an aromatic ring is 1. The van der Waals surface area contributed by atoms with Gasteiger partial charge in [0.25, 0.3) is 5.56 Å². The zero-order chi connectivity index (χ0) is 10.7. The highest BCUT2D eigenvalue weighted by atomic mass is 16.1. The van der Waals surface area contributed by atoms with Crippen molar-refractivity contribution in [2.45, 2.75) is 25.7 Å². The van der Waals surface area contributed by atoms with Crippen LogP contribution in [0, 0.1) is 5.92 Å². The van der Waals surface area contributed by atoms with Crippen molar-refractivity contribution in [2.24, 2.45) is 5.92 Å². The monoisotopic (exact) mass is 208 g/mol. The van der Waals surface area contributed by atoms with Gasteiger partial charge < -0.3 is 16.0 Å². The summed E-state index contributed by atoms with van der Waals surface area (Å²) < 4.78 is 0. The van der Waals surface area contributed by atoms with E-state index < -0.39 is 0 Å². The van der Waals surface area contributed by atoms with Gasteiger partial charge in [-0.3, -0.25) is 4.79 Å². The second kappa shape index (κ2) is 4.33. The van der Waals surface area contributed by atoms with Crippen LogP contribution in [0.4, 0.5) is 11.5 Å². The van der Waals surface area contributed by atoms with Crippen LogP contribution in [0.25, 0.3) is 0 Å². The minimum absolute atomic E-state index is 0.172. The molecule has 0 spiro atoms. The largest absolute Gasteiger partial charge is 0.391 e. The van der Waals surface area contributed by atoms with Gasteiger partial charge >= 0.3 is 0 Å². The third-order valence-corrected chi connectivity index (χ3v) is 2.96. The number of anilines is 2. The van der Waals surface area contributed by atoms with Crippen LogP contribution in [0.1, 0.15) is 25.7 Å². The molecule has 5 nitrogen and oxygen atoms in total. The lowest BCUT2D eigenvalue weighted by atomic mass is 9.83. The average molecular weight is 208 g/mol. The molecule has 0 saturated heterocycles. The Morgan fingerprint density at radius 1 is 1.60 bits per heavy atom. The first-order valence-electron chi connectivity index (χ1n) is 5.34. The highest BCUT2D eigenvalue weighted by Gasteiger charge is 2.16. The van der Waals surface area contributed by atoms with Crippen molar-refractivity contribution in [1.82, 2.24) is 9.97 Å². The Labute approximate surface area is 88.1 Å². The lowest BCUT2D eigenvalue weighted by Crippen LogP contribution is -2.19. The average Bonchev–Trinajstić information content (AvgIpc) is 2.16. The molecule has 1 heterocycles. The summed E-state index contributed by atoms with van der Waals surface area (Å²) in [5.74, 6) is 1.35. The molecule has 0 unspecified atom stereocenters. The van der Waals surface area contributed by atoms with E-state index in [0.717, 1.165) is 18.9 Å². The standard InChI is InChI=1S/C10H16N4O/c11-8-9(13-6-14-10(8)15)12-5-4-7-2-1-3-7/h6-7H,1-5,11H2,(H2,12,13,14,15). The predicted octanol–water partition coefficient (Wildman–Crippen LogP) is 0.954. The van der Waals surface area contributed by atoms with E-state index in [9.17, 15) is 4.79 Å². The van der Waals surface area contributed by atoms with Crippen molar-refractivity contribution in [2.75, 3.05) is 17.6 Å². The molecule has 2 rings (SSSR count). The topological polar surface area (TPSA) is 83.8 Å². The fourth-order valence-electron chi connectivity index (χ4n) is 1.73. The minimum Gasteiger partial charge on any atom is -0.391 e. The van der Waals surface area contributed by atoms with Gasteiger partial charge in [0.15, 0.2) is 5.82 Å². The second-order valence-electron chi connectivity index (χ2n) is 4.01. The van der Waals surface area contributed by atoms with Crippen molar-refractivity contribution in [1.29, 1.82) is 0 Å². The smallest absolute Gasteiger partial charge is 0.276 e. The molecule has 1 aromatic heterocycles. The molecule has 0 radical (unpaired) electrons. The maximum absolute atomic E-state index is 11.1.